The van der Waals surface area contributed by atoms with Gasteiger partial charge in [-0.3, -0.25) is 0 Å². The third-order valence-corrected chi connectivity index (χ3v) is 5.85. The highest BCUT2D eigenvalue weighted by Crippen LogP contribution is 2.51. The molecule has 0 radical (unpaired) electrons. The highest BCUT2D eigenvalue weighted by Gasteiger charge is 2.48. The second-order valence-corrected chi connectivity index (χ2v) is 8.16. The van der Waals surface area contributed by atoms with E-state index in [2.05, 4.69) is 26.3 Å². The minimum Gasteiger partial charge on any atom is -0.481 e. The number of benzene rings is 1. The molecule has 2 heterocycles. The molecule has 10 heteroatoms. The molecule has 1 aromatic carbocycles. The third-order valence-electron chi connectivity index (χ3n) is 5.85. The van der Waals surface area contributed by atoms with Gasteiger partial charge in [-0.1, -0.05) is 12.1 Å². The Labute approximate surface area is 188 Å². The maximum atomic E-state index is 14.9. The number of nitriles is 1. The molecule has 33 heavy (non-hydrogen) atoms. The number of anilines is 1. The van der Waals surface area contributed by atoms with E-state index in [9.17, 15) is 23.5 Å². The average molecular weight is 457 g/mol. The summed E-state index contributed by atoms with van der Waals surface area (Å²) < 4.78 is 48.7. The molecule has 172 valence electrons. The number of fused-ring (bicyclic) bond motifs is 1. The Hall–Kier alpha value is -3.45. The molecule has 4 rings (SSSR count). The molecule has 0 saturated heterocycles. The number of aliphatic hydroxyl groups is 1. The highest BCUT2D eigenvalue weighted by molar-refractivity contribution is 5.88. The monoisotopic (exact) mass is 457 g/mol. The van der Waals surface area contributed by atoms with Crippen LogP contribution in [0.5, 0.6) is 5.88 Å². The van der Waals surface area contributed by atoms with E-state index in [1.807, 2.05) is 0 Å². The Morgan fingerprint density at radius 1 is 1.30 bits per heavy atom. The van der Waals surface area contributed by atoms with Gasteiger partial charge in [-0.05, 0) is 38.8 Å². The first kappa shape index (κ1) is 22.7. The number of methoxy groups -OCH3 is 1. The van der Waals surface area contributed by atoms with Crippen LogP contribution in [0.3, 0.4) is 0 Å². The van der Waals surface area contributed by atoms with Crippen LogP contribution in [0.4, 0.5) is 19.0 Å². The Kier molecular flexibility index (Phi) is 5.62. The first-order valence-corrected chi connectivity index (χ1v) is 10.4. The third kappa shape index (κ3) is 3.93. The molecule has 1 aliphatic rings. The zero-order valence-electron chi connectivity index (χ0n) is 18.3. The fourth-order valence-corrected chi connectivity index (χ4v) is 3.72. The molecule has 0 amide bonds. The van der Waals surface area contributed by atoms with E-state index in [0.717, 1.165) is 13.0 Å². The van der Waals surface area contributed by atoms with Crippen molar-refractivity contribution in [1.82, 2.24) is 15.0 Å². The van der Waals surface area contributed by atoms with E-state index in [-0.39, 0.29) is 12.1 Å². The van der Waals surface area contributed by atoms with Gasteiger partial charge in [0.25, 0.3) is 0 Å². The second-order valence-electron chi connectivity index (χ2n) is 8.16. The Bertz CT molecular complexity index is 1270. The molecule has 1 saturated carbocycles. The first-order valence-electron chi connectivity index (χ1n) is 10.4. The lowest BCUT2D eigenvalue weighted by Gasteiger charge is -2.21. The Balaban J connectivity index is 1.73. The topological polar surface area (TPSA) is 104 Å². The number of hydrogen-bond acceptors (Lipinski definition) is 7. The second kappa shape index (κ2) is 8.15. The van der Waals surface area contributed by atoms with Gasteiger partial charge in [-0.2, -0.15) is 19.0 Å². The van der Waals surface area contributed by atoms with E-state index < -0.39 is 28.8 Å². The maximum Gasteiger partial charge on any atom is 0.301 e. The van der Waals surface area contributed by atoms with E-state index in [0.29, 0.717) is 47.0 Å². The summed E-state index contributed by atoms with van der Waals surface area (Å²) in [5.41, 5.74) is -0.621. The summed E-state index contributed by atoms with van der Waals surface area (Å²) in [6, 6.07) is 7.69. The van der Waals surface area contributed by atoms with Crippen LogP contribution >= 0.6 is 0 Å². The number of hydrogen-bond donors (Lipinski definition) is 2. The van der Waals surface area contributed by atoms with E-state index in [1.54, 1.807) is 13.0 Å². The molecule has 1 fully saturated rings. The number of nitrogens with zero attached hydrogens (tertiary/aromatic N) is 4. The van der Waals surface area contributed by atoms with Gasteiger partial charge in [-0.15, -0.1) is 0 Å². The Morgan fingerprint density at radius 3 is 2.64 bits per heavy atom. The van der Waals surface area contributed by atoms with Crippen LogP contribution in [0.25, 0.3) is 11.0 Å². The van der Waals surface area contributed by atoms with Crippen molar-refractivity contribution in [3.63, 3.8) is 0 Å². The number of aryl methyl sites for hydroxylation is 1. The summed E-state index contributed by atoms with van der Waals surface area (Å²) >= 11 is 0. The number of ether oxygens (including phenoxy) is 1. The molecule has 2 N–H and O–H groups in total. The summed E-state index contributed by atoms with van der Waals surface area (Å²) in [4.78, 5) is 13.1. The summed E-state index contributed by atoms with van der Waals surface area (Å²) in [6.07, 6.45) is -0.686. The van der Waals surface area contributed by atoms with Crippen LogP contribution in [0, 0.1) is 24.1 Å². The average Bonchev–Trinajstić information content (AvgIpc) is 3.58. The van der Waals surface area contributed by atoms with E-state index in [1.165, 1.54) is 19.2 Å². The van der Waals surface area contributed by atoms with Crippen LogP contribution in [0.15, 0.2) is 24.3 Å². The SMILES string of the molecule is COc1nc2nc(C)nc(NCc3cccc(C(F)(F)[C@H](C)O)c3F)c2cc1C1(C#N)CC1. The molecule has 1 aliphatic carbocycles. The normalized spacial score (nSPS) is 15.7. The van der Waals surface area contributed by atoms with Crippen molar-refractivity contribution in [1.29, 1.82) is 5.26 Å². The highest BCUT2D eigenvalue weighted by atomic mass is 19.3. The molecular formula is C23H22F3N5O2. The summed E-state index contributed by atoms with van der Waals surface area (Å²) in [5, 5.41) is 22.5. The van der Waals surface area contributed by atoms with Crippen LogP contribution < -0.4 is 10.1 Å². The molecule has 0 aliphatic heterocycles. The molecule has 0 spiro atoms. The van der Waals surface area contributed by atoms with Crippen LogP contribution in [0.2, 0.25) is 0 Å². The first-order chi connectivity index (χ1) is 15.6. The number of halogens is 3. The van der Waals surface area contributed by atoms with Crippen molar-refractivity contribution in [2.75, 3.05) is 12.4 Å². The van der Waals surface area contributed by atoms with Gasteiger partial charge in [0.1, 0.15) is 23.6 Å². The predicted octanol–water partition coefficient (Wildman–Crippen LogP) is 4.12. The number of aromatic nitrogens is 3. The van der Waals surface area contributed by atoms with Crippen molar-refractivity contribution in [3.8, 4) is 11.9 Å². The smallest absolute Gasteiger partial charge is 0.301 e. The van der Waals surface area contributed by atoms with Crippen molar-refractivity contribution in [3.05, 3.63) is 52.6 Å². The van der Waals surface area contributed by atoms with Gasteiger partial charge in [0, 0.05) is 17.7 Å². The summed E-state index contributed by atoms with van der Waals surface area (Å²) in [7, 11) is 1.47. The van der Waals surface area contributed by atoms with Crippen molar-refractivity contribution < 1.29 is 23.0 Å². The molecule has 3 aromatic rings. The van der Waals surface area contributed by atoms with Gasteiger partial charge in [-0.25, -0.2) is 14.4 Å². The van der Waals surface area contributed by atoms with Gasteiger partial charge in [0.05, 0.1) is 29.5 Å². The number of pyridine rings is 1. The van der Waals surface area contributed by atoms with Crippen molar-refractivity contribution in [2.24, 2.45) is 0 Å². The zero-order chi connectivity index (χ0) is 24.0. The lowest BCUT2D eigenvalue weighted by molar-refractivity contribution is -0.108. The van der Waals surface area contributed by atoms with Crippen molar-refractivity contribution in [2.45, 2.75) is 50.7 Å². The Morgan fingerprint density at radius 2 is 2.03 bits per heavy atom. The fourth-order valence-electron chi connectivity index (χ4n) is 3.72. The lowest BCUT2D eigenvalue weighted by Crippen LogP contribution is -2.29. The number of rotatable bonds is 7. The standard InChI is InChI=1S/C23H22F3N5O2/c1-12(32)23(25,26)16-6-4-5-14(18(16)24)10-28-19-15-9-17(22(11-27)7-8-22)21(33-3)31-20(15)30-13(2)29-19/h4-6,9,12,32H,7-8,10H2,1-3H3,(H,28,29,30,31)/t12-/m0/s1. The van der Waals surface area contributed by atoms with Crippen LogP contribution in [-0.2, 0) is 17.9 Å². The number of alkyl halides is 2. The molecule has 0 unspecified atom stereocenters. The van der Waals surface area contributed by atoms with Crippen LogP contribution in [-0.4, -0.2) is 33.3 Å². The fraction of sp³-hybridized carbons (Fsp3) is 0.391. The molecule has 2 aromatic heterocycles. The number of nitrogens with one attached hydrogen (secondary N) is 1. The largest absolute Gasteiger partial charge is 0.481 e. The zero-order valence-corrected chi connectivity index (χ0v) is 18.3. The maximum absolute atomic E-state index is 14.9. The van der Waals surface area contributed by atoms with Crippen LogP contribution in [0.1, 0.15) is 42.3 Å². The van der Waals surface area contributed by atoms with Gasteiger partial charge in [0.2, 0.25) is 5.88 Å². The predicted molar refractivity (Wildman–Crippen MR) is 114 cm³/mol. The molecule has 1 atom stereocenters. The van der Waals surface area contributed by atoms with Gasteiger partial charge < -0.3 is 15.2 Å². The lowest BCUT2D eigenvalue weighted by atomic mass is 9.98. The summed E-state index contributed by atoms with van der Waals surface area (Å²) in [6.45, 7) is 2.42. The van der Waals surface area contributed by atoms with Crippen molar-refractivity contribution >= 4 is 16.9 Å². The van der Waals surface area contributed by atoms with Gasteiger partial charge in [0.15, 0.2) is 5.65 Å². The molecular weight excluding hydrogens is 435 g/mol. The van der Waals surface area contributed by atoms with E-state index >= 15 is 0 Å². The minimum absolute atomic E-state index is 0.0189. The molecule has 7 nitrogen and oxygen atoms in total. The van der Waals surface area contributed by atoms with Gasteiger partial charge >= 0.3 is 5.92 Å². The quantitative estimate of drug-likeness (QED) is 0.550. The summed E-state index contributed by atoms with van der Waals surface area (Å²) in [5.74, 6) is -3.81. The minimum atomic E-state index is -3.73. The van der Waals surface area contributed by atoms with E-state index in [4.69, 9.17) is 4.74 Å². The molecule has 0 bridgehead atoms. The number of aliphatic hydroxyl groups excluding tert-OH is 1.